The zero-order valence-electron chi connectivity index (χ0n) is 17.7. The van der Waals surface area contributed by atoms with Gasteiger partial charge in [-0.2, -0.15) is 5.10 Å². The van der Waals surface area contributed by atoms with Gasteiger partial charge in [-0.05, 0) is 48.9 Å². The van der Waals surface area contributed by atoms with Gasteiger partial charge in [0.1, 0.15) is 12.7 Å². The van der Waals surface area contributed by atoms with E-state index in [1.165, 1.54) is 16.1 Å². The van der Waals surface area contributed by atoms with Crippen LogP contribution in [-0.2, 0) is 4.79 Å². The predicted octanol–water partition coefficient (Wildman–Crippen LogP) is 5.14. The quantitative estimate of drug-likeness (QED) is 0.449. The van der Waals surface area contributed by atoms with E-state index in [1.807, 2.05) is 43.3 Å². The largest absolute Gasteiger partial charge is 0.350 e. The highest BCUT2D eigenvalue weighted by molar-refractivity contribution is 7.99. The first kappa shape index (κ1) is 20.3. The van der Waals surface area contributed by atoms with Crippen molar-refractivity contribution in [2.24, 2.45) is 0 Å². The van der Waals surface area contributed by atoms with Crippen LogP contribution in [-0.4, -0.2) is 27.2 Å². The van der Waals surface area contributed by atoms with Gasteiger partial charge in [-0.1, -0.05) is 48.2 Å². The fraction of sp³-hybridized carbons (Fsp3) is 0.160. The Morgan fingerprint density at radius 2 is 1.62 bits per heavy atom. The Labute approximate surface area is 191 Å². The van der Waals surface area contributed by atoms with Gasteiger partial charge in [-0.3, -0.25) is 4.79 Å². The third-order valence-electron chi connectivity index (χ3n) is 5.55. The van der Waals surface area contributed by atoms with Crippen LogP contribution >= 0.6 is 11.8 Å². The molecule has 1 aliphatic heterocycles. The van der Waals surface area contributed by atoms with Crippen molar-refractivity contribution in [2.45, 2.75) is 29.2 Å². The molecular formula is C25H23N5OS. The number of benzene rings is 3. The van der Waals surface area contributed by atoms with Crippen molar-refractivity contribution in [1.82, 2.24) is 20.1 Å². The number of nitrogens with zero attached hydrogens (tertiary/aromatic N) is 4. The van der Waals surface area contributed by atoms with Crippen molar-refractivity contribution in [3.63, 3.8) is 0 Å². The van der Waals surface area contributed by atoms with Crippen LogP contribution in [0.3, 0.4) is 0 Å². The number of hydrogen-bond donors (Lipinski definition) is 1. The van der Waals surface area contributed by atoms with Crippen LogP contribution in [0.25, 0.3) is 5.69 Å². The van der Waals surface area contributed by atoms with E-state index in [0.29, 0.717) is 13.0 Å². The van der Waals surface area contributed by atoms with Crippen molar-refractivity contribution in [1.29, 1.82) is 0 Å². The highest BCUT2D eigenvalue weighted by atomic mass is 32.2. The van der Waals surface area contributed by atoms with Crippen molar-refractivity contribution < 1.29 is 4.79 Å². The number of carbonyl (C=O) groups is 1. The number of fused-ring (bicyclic) bond motifs is 2. The van der Waals surface area contributed by atoms with Crippen LogP contribution in [0.5, 0.6) is 0 Å². The number of rotatable bonds is 6. The Balaban J connectivity index is 1.25. The molecule has 1 amide bonds. The second-order valence-corrected chi connectivity index (χ2v) is 8.74. The Morgan fingerprint density at radius 1 is 0.969 bits per heavy atom. The zero-order valence-corrected chi connectivity index (χ0v) is 18.5. The molecule has 7 heteroatoms. The average molecular weight is 442 g/mol. The summed E-state index contributed by atoms with van der Waals surface area (Å²) < 4.78 is 1.71. The Bertz CT molecular complexity index is 1180. The lowest BCUT2D eigenvalue weighted by Gasteiger charge is -2.32. The summed E-state index contributed by atoms with van der Waals surface area (Å²) in [6.45, 7) is 2.63. The second-order valence-electron chi connectivity index (χ2n) is 7.66. The summed E-state index contributed by atoms with van der Waals surface area (Å²) >= 11 is 1.78. The average Bonchev–Trinajstić information content (AvgIpc) is 3.37. The minimum atomic E-state index is -0.0798. The monoisotopic (exact) mass is 441 g/mol. The molecule has 32 heavy (non-hydrogen) atoms. The first-order valence-corrected chi connectivity index (χ1v) is 11.4. The van der Waals surface area contributed by atoms with E-state index in [9.17, 15) is 4.79 Å². The van der Waals surface area contributed by atoms with Crippen LogP contribution in [0.1, 0.15) is 24.9 Å². The number of hydrogen-bond acceptors (Lipinski definition) is 5. The minimum Gasteiger partial charge on any atom is -0.350 e. The van der Waals surface area contributed by atoms with Gasteiger partial charge in [0.05, 0.1) is 23.1 Å². The van der Waals surface area contributed by atoms with Gasteiger partial charge < -0.3 is 10.2 Å². The van der Waals surface area contributed by atoms with E-state index in [4.69, 9.17) is 0 Å². The topological polar surface area (TPSA) is 63.1 Å². The molecule has 0 spiro atoms. The van der Waals surface area contributed by atoms with E-state index in [0.717, 1.165) is 22.6 Å². The fourth-order valence-electron chi connectivity index (χ4n) is 3.89. The lowest BCUT2D eigenvalue weighted by atomic mass is 10.1. The fourth-order valence-corrected chi connectivity index (χ4v) is 4.99. The zero-order chi connectivity index (χ0) is 21.9. The Hall–Kier alpha value is -3.58. The van der Waals surface area contributed by atoms with Gasteiger partial charge >= 0.3 is 0 Å². The van der Waals surface area contributed by atoms with Crippen molar-refractivity contribution in [2.75, 3.05) is 11.4 Å². The number of amides is 1. The third kappa shape index (κ3) is 4.11. The first-order chi connectivity index (χ1) is 15.7. The van der Waals surface area contributed by atoms with Crippen molar-refractivity contribution in [3.8, 4) is 5.69 Å². The molecule has 1 atom stereocenters. The highest BCUT2D eigenvalue weighted by Crippen LogP contribution is 2.47. The molecule has 1 unspecified atom stereocenters. The summed E-state index contributed by atoms with van der Waals surface area (Å²) in [6, 6.07) is 24.6. The molecule has 0 fully saturated rings. The van der Waals surface area contributed by atoms with Crippen LogP contribution in [0.4, 0.5) is 11.4 Å². The normalized spacial score (nSPS) is 13.2. The predicted molar refractivity (Wildman–Crippen MR) is 127 cm³/mol. The van der Waals surface area contributed by atoms with Crippen LogP contribution < -0.4 is 10.2 Å². The van der Waals surface area contributed by atoms with Crippen molar-refractivity contribution >= 4 is 29.0 Å². The maximum absolute atomic E-state index is 12.8. The van der Waals surface area contributed by atoms with E-state index in [2.05, 4.69) is 56.7 Å². The summed E-state index contributed by atoms with van der Waals surface area (Å²) in [6.07, 6.45) is 3.58. The number of nitrogens with one attached hydrogen (secondary N) is 1. The summed E-state index contributed by atoms with van der Waals surface area (Å²) in [4.78, 5) is 21.4. The van der Waals surface area contributed by atoms with E-state index < -0.39 is 0 Å². The minimum absolute atomic E-state index is 0.0334. The molecule has 6 nitrogen and oxygen atoms in total. The SMILES string of the molecule is CC(NC(=O)CCN1c2ccccc2Sc2ccccc21)c1ccc(-n2cncn2)cc1. The van der Waals surface area contributed by atoms with E-state index in [-0.39, 0.29) is 11.9 Å². The van der Waals surface area contributed by atoms with Gasteiger partial charge in [0, 0.05) is 22.8 Å². The second kappa shape index (κ2) is 8.88. The highest BCUT2D eigenvalue weighted by Gasteiger charge is 2.23. The smallest absolute Gasteiger partial charge is 0.222 e. The molecule has 0 saturated heterocycles. The molecule has 0 radical (unpaired) electrons. The number of para-hydroxylation sites is 2. The molecule has 4 aromatic rings. The Kier molecular flexibility index (Phi) is 5.64. The summed E-state index contributed by atoms with van der Waals surface area (Å²) in [7, 11) is 0. The van der Waals surface area contributed by atoms with E-state index >= 15 is 0 Å². The van der Waals surface area contributed by atoms with Crippen LogP contribution in [0, 0.1) is 0 Å². The molecule has 0 aliphatic carbocycles. The van der Waals surface area contributed by atoms with Gasteiger partial charge in [0.2, 0.25) is 5.91 Å². The molecule has 3 aromatic carbocycles. The standard InChI is InChI=1S/C25H23N5OS/c1-18(19-10-12-20(13-11-19)30-17-26-16-27-30)28-25(31)14-15-29-21-6-2-4-8-23(21)32-24-9-5-3-7-22(24)29/h2-13,16-18H,14-15H2,1H3,(H,28,31). The van der Waals surface area contributed by atoms with Gasteiger partial charge in [0.25, 0.3) is 0 Å². The van der Waals surface area contributed by atoms with Crippen LogP contribution in [0.2, 0.25) is 0 Å². The van der Waals surface area contributed by atoms with E-state index in [1.54, 1.807) is 22.8 Å². The maximum Gasteiger partial charge on any atom is 0.222 e. The molecule has 0 bridgehead atoms. The number of carbonyl (C=O) groups excluding carboxylic acids is 1. The van der Waals surface area contributed by atoms with Crippen molar-refractivity contribution in [3.05, 3.63) is 91.0 Å². The maximum atomic E-state index is 12.8. The van der Waals surface area contributed by atoms with Crippen LogP contribution in [0.15, 0.2) is 95.2 Å². The summed E-state index contributed by atoms with van der Waals surface area (Å²) in [5, 5.41) is 7.27. The number of aromatic nitrogens is 3. The van der Waals surface area contributed by atoms with Gasteiger partial charge in [0.15, 0.2) is 0 Å². The first-order valence-electron chi connectivity index (χ1n) is 10.6. The lowest BCUT2D eigenvalue weighted by Crippen LogP contribution is -2.31. The molecule has 0 saturated carbocycles. The number of anilines is 2. The summed E-state index contributed by atoms with van der Waals surface area (Å²) in [5.74, 6) is 0.0334. The van der Waals surface area contributed by atoms with Gasteiger partial charge in [-0.25, -0.2) is 9.67 Å². The molecule has 1 N–H and O–H groups in total. The summed E-state index contributed by atoms with van der Waals surface area (Å²) in [5.41, 5.74) is 4.29. The molecule has 2 heterocycles. The molecule has 1 aromatic heterocycles. The Morgan fingerprint density at radius 3 is 2.25 bits per heavy atom. The third-order valence-corrected chi connectivity index (χ3v) is 6.68. The lowest BCUT2D eigenvalue weighted by molar-refractivity contribution is -0.121. The molecule has 5 rings (SSSR count). The van der Waals surface area contributed by atoms with Gasteiger partial charge in [-0.15, -0.1) is 0 Å². The molecule has 160 valence electrons. The molecule has 1 aliphatic rings. The molecular weight excluding hydrogens is 418 g/mol.